The van der Waals surface area contributed by atoms with Crippen LogP contribution in [0, 0.1) is 5.82 Å². The van der Waals surface area contributed by atoms with Crippen molar-refractivity contribution in [3.05, 3.63) is 74.8 Å². The molecule has 0 saturated carbocycles. The van der Waals surface area contributed by atoms with Crippen LogP contribution in [0.2, 0.25) is 5.15 Å². The fraction of sp³-hybridized carbons (Fsp3) is 0.263. The van der Waals surface area contributed by atoms with Gasteiger partial charge < -0.3 is 9.47 Å². The molecule has 0 unspecified atom stereocenters. The monoisotopic (exact) mass is 420 g/mol. The van der Waals surface area contributed by atoms with E-state index in [9.17, 15) is 14.0 Å². The second kappa shape index (κ2) is 8.97. The van der Waals surface area contributed by atoms with Crippen LogP contribution in [0.1, 0.15) is 28.7 Å². The van der Waals surface area contributed by atoms with Gasteiger partial charge in [-0.25, -0.2) is 19.0 Å². The van der Waals surface area contributed by atoms with E-state index in [-0.39, 0.29) is 17.3 Å². The zero-order chi connectivity index (χ0) is 21.0. The summed E-state index contributed by atoms with van der Waals surface area (Å²) in [6.45, 7) is 2.43. The van der Waals surface area contributed by atoms with Gasteiger partial charge in [0.05, 0.1) is 13.7 Å². The lowest BCUT2D eigenvalue weighted by atomic mass is 10.2. The van der Waals surface area contributed by atoms with E-state index in [2.05, 4.69) is 14.8 Å². The third kappa shape index (κ3) is 4.36. The quantitative estimate of drug-likeness (QED) is 0.431. The van der Waals surface area contributed by atoms with Crippen molar-refractivity contribution in [2.45, 2.75) is 26.7 Å². The summed E-state index contributed by atoms with van der Waals surface area (Å²) < 4.78 is 26.8. The fourth-order valence-corrected chi connectivity index (χ4v) is 2.90. The number of carbonyl (C=O) groups is 1. The van der Waals surface area contributed by atoms with Gasteiger partial charge >= 0.3 is 11.7 Å². The molecule has 0 atom stereocenters. The smallest absolute Gasteiger partial charge is 0.352 e. The minimum atomic E-state index is -0.936. The third-order valence-electron chi connectivity index (χ3n) is 4.11. The number of benzene rings is 1. The zero-order valence-electron chi connectivity index (χ0n) is 15.8. The molecule has 3 rings (SSSR count). The maximum absolute atomic E-state index is 14.5. The number of pyridine rings is 1. The molecule has 0 bridgehead atoms. The predicted molar refractivity (Wildman–Crippen MR) is 103 cm³/mol. The molecule has 0 spiro atoms. The first-order valence-corrected chi connectivity index (χ1v) is 9.09. The van der Waals surface area contributed by atoms with Crippen LogP contribution in [-0.4, -0.2) is 32.4 Å². The number of methoxy groups -OCH3 is 1. The Morgan fingerprint density at radius 2 is 1.97 bits per heavy atom. The Kier molecular flexibility index (Phi) is 6.40. The number of rotatable bonds is 7. The highest BCUT2D eigenvalue weighted by Gasteiger charge is 2.22. The Bertz CT molecular complexity index is 1080. The van der Waals surface area contributed by atoms with Crippen LogP contribution in [0.3, 0.4) is 0 Å². The summed E-state index contributed by atoms with van der Waals surface area (Å²) >= 11 is 5.96. The molecule has 8 nitrogen and oxygen atoms in total. The number of halogens is 2. The van der Waals surface area contributed by atoms with E-state index >= 15 is 0 Å². The Morgan fingerprint density at radius 3 is 2.62 bits per heavy atom. The van der Waals surface area contributed by atoms with Gasteiger partial charge in [0, 0.05) is 6.54 Å². The van der Waals surface area contributed by atoms with Crippen molar-refractivity contribution in [2.75, 3.05) is 7.11 Å². The van der Waals surface area contributed by atoms with Crippen LogP contribution < -0.4 is 5.69 Å². The van der Waals surface area contributed by atoms with Gasteiger partial charge in [0.1, 0.15) is 17.3 Å². The molecule has 3 aromatic rings. The van der Waals surface area contributed by atoms with E-state index in [1.54, 1.807) is 6.92 Å². The molecule has 0 aliphatic heterocycles. The SMILES string of the molecule is CCn1c(COCc2ccccc2)nn(-c2nc(Cl)c(C(=O)OC)cc2F)c1=O. The maximum atomic E-state index is 14.5. The van der Waals surface area contributed by atoms with E-state index in [0.29, 0.717) is 19.0 Å². The Labute approximate surface area is 170 Å². The molecule has 0 aliphatic rings. The average Bonchev–Trinajstić information content (AvgIpc) is 3.04. The highest BCUT2D eigenvalue weighted by atomic mass is 35.5. The topological polar surface area (TPSA) is 88.2 Å². The summed E-state index contributed by atoms with van der Waals surface area (Å²) in [4.78, 5) is 28.1. The van der Waals surface area contributed by atoms with Crippen molar-refractivity contribution < 1.29 is 18.7 Å². The lowest BCUT2D eigenvalue weighted by Crippen LogP contribution is -2.25. The normalized spacial score (nSPS) is 10.9. The molecule has 1 aromatic carbocycles. The average molecular weight is 421 g/mol. The molecule has 152 valence electrons. The van der Waals surface area contributed by atoms with E-state index < -0.39 is 23.3 Å². The number of hydrogen-bond acceptors (Lipinski definition) is 6. The van der Waals surface area contributed by atoms with Crippen molar-refractivity contribution in [2.24, 2.45) is 0 Å². The molecule has 0 N–H and O–H groups in total. The summed E-state index contributed by atoms with van der Waals surface area (Å²) in [6, 6.07) is 10.4. The first-order chi connectivity index (χ1) is 14.0. The summed E-state index contributed by atoms with van der Waals surface area (Å²) in [6.07, 6.45) is 0. The predicted octanol–water partition coefficient (Wildman–Crippen LogP) is 2.74. The van der Waals surface area contributed by atoms with Crippen molar-refractivity contribution in [1.82, 2.24) is 19.3 Å². The molecule has 0 aliphatic carbocycles. The van der Waals surface area contributed by atoms with E-state index in [1.165, 1.54) is 4.57 Å². The number of nitrogens with zero attached hydrogens (tertiary/aromatic N) is 4. The van der Waals surface area contributed by atoms with Gasteiger partial charge in [-0.1, -0.05) is 41.9 Å². The standard InChI is InChI=1S/C19H18ClFN4O4/c1-3-24-15(11-29-10-12-7-5-4-6-8-12)23-25(19(24)27)17-14(21)9-13(16(20)22-17)18(26)28-2/h4-9H,3,10-11H2,1-2H3. The van der Waals surface area contributed by atoms with Crippen LogP contribution in [0.5, 0.6) is 0 Å². The second-order valence-corrected chi connectivity index (χ2v) is 6.32. The van der Waals surface area contributed by atoms with Gasteiger partial charge in [-0.15, -0.1) is 5.10 Å². The molecular formula is C19H18ClFN4O4. The van der Waals surface area contributed by atoms with Gasteiger partial charge in [0.15, 0.2) is 17.5 Å². The largest absolute Gasteiger partial charge is 0.465 e. The molecule has 0 radical (unpaired) electrons. The van der Waals surface area contributed by atoms with E-state index in [1.807, 2.05) is 30.3 Å². The lowest BCUT2D eigenvalue weighted by molar-refractivity contribution is 0.0600. The van der Waals surface area contributed by atoms with Gasteiger partial charge in [0.2, 0.25) is 0 Å². The van der Waals surface area contributed by atoms with Crippen molar-refractivity contribution >= 4 is 17.6 Å². The van der Waals surface area contributed by atoms with Crippen LogP contribution >= 0.6 is 11.6 Å². The Hall–Kier alpha value is -3.04. The van der Waals surface area contributed by atoms with E-state index in [4.69, 9.17) is 16.3 Å². The molecular weight excluding hydrogens is 403 g/mol. The summed E-state index contributed by atoms with van der Waals surface area (Å²) in [7, 11) is 1.14. The van der Waals surface area contributed by atoms with Gasteiger partial charge in [-0.3, -0.25) is 4.57 Å². The van der Waals surface area contributed by atoms with Gasteiger partial charge in [-0.2, -0.15) is 4.68 Å². The molecule has 0 saturated heterocycles. The lowest BCUT2D eigenvalue weighted by Gasteiger charge is -2.05. The Morgan fingerprint density at radius 1 is 1.24 bits per heavy atom. The number of carbonyl (C=O) groups excluding carboxylic acids is 1. The Balaban J connectivity index is 1.90. The molecule has 2 aromatic heterocycles. The minimum Gasteiger partial charge on any atom is -0.465 e. The molecule has 10 heteroatoms. The first-order valence-electron chi connectivity index (χ1n) is 8.71. The van der Waals surface area contributed by atoms with E-state index in [0.717, 1.165) is 23.4 Å². The fourth-order valence-electron chi connectivity index (χ4n) is 2.69. The van der Waals surface area contributed by atoms with Crippen molar-refractivity contribution in [3.63, 3.8) is 0 Å². The number of hydrogen-bond donors (Lipinski definition) is 0. The highest BCUT2D eigenvalue weighted by Crippen LogP contribution is 2.20. The highest BCUT2D eigenvalue weighted by molar-refractivity contribution is 6.32. The zero-order valence-corrected chi connectivity index (χ0v) is 16.5. The first kappa shape index (κ1) is 20.7. The van der Waals surface area contributed by atoms with Gasteiger partial charge in [-0.05, 0) is 18.6 Å². The minimum absolute atomic E-state index is 0.0422. The van der Waals surface area contributed by atoms with Crippen molar-refractivity contribution in [1.29, 1.82) is 0 Å². The molecule has 29 heavy (non-hydrogen) atoms. The van der Waals surface area contributed by atoms with Crippen LogP contribution in [-0.2, 0) is 29.2 Å². The van der Waals surface area contributed by atoms with Crippen molar-refractivity contribution in [3.8, 4) is 5.82 Å². The van der Waals surface area contributed by atoms with Crippen LogP contribution in [0.25, 0.3) is 5.82 Å². The third-order valence-corrected chi connectivity index (χ3v) is 4.40. The molecule has 0 amide bonds. The number of esters is 1. The maximum Gasteiger partial charge on any atom is 0.352 e. The van der Waals surface area contributed by atoms with Crippen LogP contribution in [0.4, 0.5) is 4.39 Å². The second-order valence-electron chi connectivity index (χ2n) is 5.96. The molecule has 2 heterocycles. The van der Waals surface area contributed by atoms with Crippen LogP contribution in [0.15, 0.2) is 41.2 Å². The summed E-state index contributed by atoms with van der Waals surface area (Å²) in [5.41, 5.74) is 0.124. The molecule has 0 fully saturated rings. The summed E-state index contributed by atoms with van der Waals surface area (Å²) in [5.74, 6) is -1.88. The summed E-state index contributed by atoms with van der Waals surface area (Å²) in [5, 5.41) is 3.85. The van der Waals surface area contributed by atoms with Gasteiger partial charge in [0.25, 0.3) is 0 Å². The number of aromatic nitrogens is 4. The number of ether oxygens (including phenoxy) is 2.